The molecule has 34 heavy (non-hydrogen) atoms. The molecule has 0 radical (unpaired) electrons. The topological polar surface area (TPSA) is 57.1 Å². The van der Waals surface area contributed by atoms with Crippen LogP contribution in [0.15, 0.2) is 48.8 Å². The Bertz CT molecular complexity index is 1310. The van der Waals surface area contributed by atoms with Gasteiger partial charge in [0.25, 0.3) is 0 Å². The second-order valence-corrected chi connectivity index (χ2v) is 10.5. The van der Waals surface area contributed by atoms with Crippen LogP contribution in [0, 0.1) is 11.6 Å². The van der Waals surface area contributed by atoms with Gasteiger partial charge in [-0.25, -0.2) is 8.78 Å². The summed E-state index contributed by atoms with van der Waals surface area (Å²) in [5.41, 5.74) is 8.77. The molecule has 2 aromatic heterocycles. The van der Waals surface area contributed by atoms with Crippen LogP contribution < -0.4 is 15.8 Å². The summed E-state index contributed by atoms with van der Waals surface area (Å²) in [6.45, 7) is 10.4. The molecule has 0 spiro atoms. The van der Waals surface area contributed by atoms with E-state index in [1.165, 1.54) is 11.6 Å². The fourth-order valence-electron chi connectivity index (χ4n) is 4.61. The molecule has 0 aliphatic heterocycles. The molecular formula is C27H34F2N4O. The van der Waals surface area contributed by atoms with Crippen LogP contribution in [-0.2, 0) is 19.5 Å². The Morgan fingerprint density at radius 1 is 0.941 bits per heavy atom. The lowest BCUT2D eigenvalue weighted by atomic mass is 10.0. The van der Waals surface area contributed by atoms with Gasteiger partial charge in [-0.05, 0) is 82.6 Å². The average molecular weight is 469 g/mol. The van der Waals surface area contributed by atoms with Crippen LogP contribution >= 0.6 is 0 Å². The van der Waals surface area contributed by atoms with Gasteiger partial charge in [0, 0.05) is 52.9 Å². The lowest BCUT2D eigenvalue weighted by Gasteiger charge is -2.27. The van der Waals surface area contributed by atoms with Crippen molar-refractivity contribution < 1.29 is 13.5 Å². The number of hydrogen-bond donors (Lipinski definition) is 2. The molecule has 0 aliphatic rings. The summed E-state index contributed by atoms with van der Waals surface area (Å²) < 4.78 is 37.3. The predicted molar refractivity (Wildman–Crippen MR) is 134 cm³/mol. The van der Waals surface area contributed by atoms with Crippen LogP contribution in [0.25, 0.3) is 21.8 Å². The maximum Gasteiger partial charge on any atom is 0.168 e. The second kappa shape index (κ2) is 9.04. The molecule has 0 amide bonds. The van der Waals surface area contributed by atoms with Crippen molar-refractivity contribution in [3.05, 3.63) is 66.0 Å². The average Bonchev–Trinajstić information content (AvgIpc) is 3.30. The quantitative estimate of drug-likeness (QED) is 0.354. The molecule has 2 heterocycles. The first-order chi connectivity index (χ1) is 16.0. The fourth-order valence-corrected chi connectivity index (χ4v) is 4.61. The molecule has 182 valence electrons. The van der Waals surface area contributed by atoms with Crippen molar-refractivity contribution in [2.75, 3.05) is 13.7 Å². The molecule has 7 heteroatoms. The lowest BCUT2D eigenvalue weighted by molar-refractivity contribution is 0.343. The van der Waals surface area contributed by atoms with Crippen molar-refractivity contribution in [1.82, 2.24) is 14.5 Å². The number of nitrogens with one attached hydrogen (secondary N) is 1. The molecule has 0 aliphatic carbocycles. The number of hydrogen-bond acceptors (Lipinski definition) is 3. The zero-order valence-corrected chi connectivity index (χ0v) is 20.6. The van der Waals surface area contributed by atoms with E-state index in [9.17, 15) is 8.78 Å². The smallest absolute Gasteiger partial charge is 0.168 e. The third-order valence-electron chi connectivity index (χ3n) is 6.15. The molecule has 0 fully saturated rings. The summed E-state index contributed by atoms with van der Waals surface area (Å²) in [6.07, 6.45) is 4.83. The van der Waals surface area contributed by atoms with Crippen molar-refractivity contribution >= 4 is 21.8 Å². The van der Waals surface area contributed by atoms with Gasteiger partial charge in [-0.2, -0.15) is 0 Å². The number of ether oxygens (including phenoxy) is 1. The van der Waals surface area contributed by atoms with Crippen molar-refractivity contribution in [3.63, 3.8) is 0 Å². The highest BCUT2D eigenvalue weighted by molar-refractivity contribution is 5.85. The predicted octanol–water partition coefficient (Wildman–Crippen LogP) is 5.23. The van der Waals surface area contributed by atoms with E-state index < -0.39 is 11.6 Å². The van der Waals surface area contributed by atoms with Crippen LogP contribution in [0.5, 0.6) is 5.75 Å². The summed E-state index contributed by atoms with van der Waals surface area (Å²) in [4.78, 5) is 0. The number of methoxy groups -OCH3 is 1. The molecule has 4 aromatic rings. The van der Waals surface area contributed by atoms with Gasteiger partial charge < -0.3 is 24.9 Å². The Kier molecular flexibility index (Phi) is 6.44. The third kappa shape index (κ3) is 5.10. The van der Waals surface area contributed by atoms with E-state index in [0.29, 0.717) is 24.0 Å². The number of fused-ring (bicyclic) bond motifs is 2. The van der Waals surface area contributed by atoms with Crippen molar-refractivity contribution in [3.8, 4) is 5.75 Å². The van der Waals surface area contributed by atoms with Gasteiger partial charge in [-0.3, -0.25) is 0 Å². The van der Waals surface area contributed by atoms with Crippen molar-refractivity contribution in [1.29, 1.82) is 0 Å². The van der Waals surface area contributed by atoms with E-state index >= 15 is 0 Å². The minimum absolute atomic E-state index is 0.258. The summed E-state index contributed by atoms with van der Waals surface area (Å²) in [7, 11) is 1.68. The van der Waals surface area contributed by atoms with Gasteiger partial charge >= 0.3 is 0 Å². The molecule has 0 saturated heterocycles. The van der Waals surface area contributed by atoms with Gasteiger partial charge in [-0.15, -0.1) is 0 Å². The SMILES string of the molecule is COc1ccc2c(c1)c(CCNC(C)(C)Cn1ccc3c(F)c(F)ccc31)cn2CC(C)(C)N. The summed E-state index contributed by atoms with van der Waals surface area (Å²) in [6, 6.07) is 10.6. The minimum atomic E-state index is -0.823. The van der Waals surface area contributed by atoms with Crippen LogP contribution in [-0.4, -0.2) is 33.9 Å². The van der Waals surface area contributed by atoms with E-state index in [0.717, 1.165) is 29.6 Å². The fraction of sp³-hybridized carbons (Fsp3) is 0.407. The van der Waals surface area contributed by atoms with Gasteiger partial charge in [0.2, 0.25) is 0 Å². The van der Waals surface area contributed by atoms with Crippen LogP contribution in [0.1, 0.15) is 33.3 Å². The largest absolute Gasteiger partial charge is 0.497 e. The van der Waals surface area contributed by atoms with E-state index in [2.05, 4.69) is 42.1 Å². The normalized spacial score (nSPS) is 12.7. The Hall–Kier alpha value is -2.90. The highest BCUT2D eigenvalue weighted by atomic mass is 19.2. The lowest BCUT2D eigenvalue weighted by Crippen LogP contribution is -2.43. The number of halogens is 2. The monoisotopic (exact) mass is 468 g/mol. The minimum Gasteiger partial charge on any atom is -0.497 e. The number of rotatable bonds is 9. The Morgan fingerprint density at radius 2 is 1.65 bits per heavy atom. The Balaban J connectivity index is 1.50. The van der Waals surface area contributed by atoms with Gasteiger partial charge in [0.1, 0.15) is 5.75 Å². The second-order valence-electron chi connectivity index (χ2n) is 10.5. The highest BCUT2D eigenvalue weighted by Crippen LogP contribution is 2.28. The summed E-state index contributed by atoms with van der Waals surface area (Å²) >= 11 is 0. The molecule has 2 aromatic carbocycles. The van der Waals surface area contributed by atoms with E-state index in [1.54, 1.807) is 19.2 Å². The van der Waals surface area contributed by atoms with E-state index in [-0.39, 0.29) is 11.1 Å². The van der Waals surface area contributed by atoms with Crippen LogP contribution in [0.4, 0.5) is 8.78 Å². The standard InChI is InChI=1S/C27H34F2N4O/c1-26(2,30)16-33-15-18(21-14-19(34-5)6-8-24(21)33)10-12-31-27(3,4)17-32-13-11-20-23(32)9-7-22(28)25(20)29/h6-9,11,13-15,31H,10,12,16-17,30H2,1-5H3. The molecule has 0 saturated carbocycles. The summed E-state index contributed by atoms with van der Waals surface area (Å²) in [5.74, 6) is -0.791. The first-order valence-electron chi connectivity index (χ1n) is 11.6. The highest BCUT2D eigenvalue weighted by Gasteiger charge is 2.21. The molecule has 0 bridgehead atoms. The third-order valence-corrected chi connectivity index (χ3v) is 6.15. The number of nitrogens with two attached hydrogens (primary N) is 1. The first-order valence-corrected chi connectivity index (χ1v) is 11.6. The molecule has 3 N–H and O–H groups in total. The number of benzene rings is 2. The van der Waals surface area contributed by atoms with Crippen LogP contribution in [0.2, 0.25) is 0 Å². The number of nitrogens with zero attached hydrogens (tertiary/aromatic N) is 2. The van der Waals surface area contributed by atoms with E-state index in [4.69, 9.17) is 10.5 Å². The molecule has 0 unspecified atom stereocenters. The molecular weight excluding hydrogens is 434 g/mol. The Morgan fingerprint density at radius 3 is 2.35 bits per heavy atom. The molecule has 0 atom stereocenters. The Labute approximate surface area is 199 Å². The van der Waals surface area contributed by atoms with Gasteiger partial charge in [0.05, 0.1) is 12.6 Å². The molecule has 5 nitrogen and oxygen atoms in total. The molecule has 4 rings (SSSR count). The van der Waals surface area contributed by atoms with Crippen molar-refractivity contribution in [2.24, 2.45) is 5.73 Å². The van der Waals surface area contributed by atoms with Crippen LogP contribution in [0.3, 0.4) is 0 Å². The van der Waals surface area contributed by atoms with Gasteiger partial charge in [0.15, 0.2) is 11.6 Å². The zero-order chi connectivity index (χ0) is 24.7. The maximum absolute atomic E-state index is 14.1. The van der Waals surface area contributed by atoms with E-state index in [1.807, 2.05) is 30.7 Å². The van der Waals surface area contributed by atoms with Gasteiger partial charge in [-0.1, -0.05) is 0 Å². The maximum atomic E-state index is 14.1. The zero-order valence-electron chi connectivity index (χ0n) is 20.6. The summed E-state index contributed by atoms with van der Waals surface area (Å²) in [5, 5.41) is 5.10. The number of aromatic nitrogens is 2. The first kappa shape index (κ1) is 24.2. The van der Waals surface area contributed by atoms with Crippen molar-refractivity contribution in [2.45, 2.75) is 58.3 Å².